The zero-order valence-corrected chi connectivity index (χ0v) is 16.7. The number of nitrogens with zero attached hydrogens (tertiary/aromatic N) is 3. The van der Waals surface area contributed by atoms with Crippen LogP contribution < -0.4 is 5.69 Å². The summed E-state index contributed by atoms with van der Waals surface area (Å²) in [6, 6.07) is 1.99. The number of aromatic nitrogens is 3. The number of hydrogen-bond donors (Lipinski definition) is 1. The molecular weight excluding hydrogens is 360 g/mol. The Bertz CT molecular complexity index is 920. The third kappa shape index (κ3) is 3.78. The number of imidazole rings is 1. The minimum Gasteiger partial charge on any atom is -0.444 e. The first-order valence-corrected chi connectivity index (χ1v) is 9.97. The highest BCUT2D eigenvalue weighted by molar-refractivity contribution is 5.72. The van der Waals surface area contributed by atoms with E-state index in [4.69, 9.17) is 9.47 Å². The van der Waals surface area contributed by atoms with Gasteiger partial charge >= 0.3 is 11.8 Å². The second-order valence-corrected chi connectivity index (χ2v) is 8.69. The van der Waals surface area contributed by atoms with Crippen LogP contribution >= 0.6 is 0 Å². The lowest BCUT2D eigenvalue weighted by Crippen LogP contribution is -2.36. The van der Waals surface area contributed by atoms with Crippen molar-refractivity contribution >= 4 is 17.3 Å². The van der Waals surface area contributed by atoms with Gasteiger partial charge in [0.1, 0.15) is 5.60 Å². The molecule has 2 fully saturated rings. The second kappa shape index (κ2) is 7.24. The summed E-state index contributed by atoms with van der Waals surface area (Å²) in [5.74, 6) is 0.408. The summed E-state index contributed by atoms with van der Waals surface area (Å²) in [5, 5.41) is 0. The molecule has 0 aliphatic carbocycles. The maximum absolute atomic E-state index is 12.6. The molecule has 1 atom stereocenters. The van der Waals surface area contributed by atoms with E-state index in [1.807, 2.05) is 27.0 Å². The number of H-pyrrole nitrogens is 1. The molecule has 0 radical (unpaired) electrons. The number of rotatable bonds is 2. The van der Waals surface area contributed by atoms with Crippen LogP contribution in [0.1, 0.15) is 57.6 Å². The molecule has 0 spiro atoms. The zero-order valence-electron chi connectivity index (χ0n) is 16.7. The van der Waals surface area contributed by atoms with Gasteiger partial charge in [-0.05, 0) is 57.6 Å². The van der Waals surface area contributed by atoms with E-state index in [-0.39, 0.29) is 17.8 Å². The van der Waals surface area contributed by atoms with Gasteiger partial charge in [-0.25, -0.2) is 14.6 Å². The fourth-order valence-electron chi connectivity index (χ4n) is 4.08. The van der Waals surface area contributed by atoms with Gasteiger partial charge in [-0.15, -0.1) is 0 Å². The molecule has 0 bridgehead atoms. The first-order chi connectivity index (χ1) is 13.3. The SMILES string of the molecule is CC(C)(C)OC(=O)N1CCC(n2c(=O)[nH]c3ncc(C4CCOCC4)cc32)C1. The van der Waals surface area contributed by atoms with E-state index < -0.39 is 5.60 Å². The van der Waals surface area contributed by atoms with Crippen LogP contribution in [0.15, 0.2) is 17.1 Å². The fraction of sp³-hybridized carbons (Fsp3) is 0.650. The number of aromatic amines is 1. The first-order valence-electron chi connectivity index (χ1n) is 9.97. The molecule has 8 heteroatoms. The quantitative estimate of drug-likeness (QED) is 0.854. The number of nitrogens with one attached hydrogen (secondary N) is 1. The Morgan fingerprint density at radius 1 is 1.29 bits per heavy atom. The highest BCUT2D eigenvalue weighted by atomic mass is 16.6. The lowest BCUT2D eigenvalue weighted by molar-refractivity contribution is 0.0289. The number of amides is 1. The number of carbonyl (C=O) groups excluding carboxylic acids is 1. The Kier molecular flexibility index (Phi) is 4.91. The van der Waals surface area contributed by atoms with E-state index in [9.17, 15) is 9.59 Å². The lowest BCUT2D eigenvalue weighted by Gasteiger charge is -2.24. The van der Waals surface area contributed by atoms with Crippen molar-refractivity contribution in [1.29, 1.82) is 0 Å². The van der Waals surface area contributed by atoms with Gasteiger partial charge in [0, 0.05) is 32.5 Å². The molecule has 0 saturated carbocycles. The van der Waals surface area contributed by atoms with Crippen LogP contribution in [-0.4, -0.2) is 57.4 Å². The third-order valence-corrected chi connectivity index (χ3v) is 5.47. The van der Waals surface area contributed by atoms with Crippen LogP contribution in [0.5, 0.6) is 0 Å². The van der Waals surface area contributed by atoms with E-state index in [1.54, 1.807) is 9.47 Å². The van der Waals surface area contributed by atoms with E-state index in [2.05, 4.69) is 16.0 Å². The normalized spacial score (nSPS) is 21.4. The van der Waals surface area contributed by atoms with Crippen molar-refractivity contribution in [3.8, 4) is 0 Å². The van der Waals surface area contributed by atoms with Gasteiger partial charge in [0.2, 0.25) is 0 Å². The summed E-state index contributed by atoms with van der Waals surface area (Å²) in [6.45, 7) is 8.12. The maximum atomic E-state index is 12.6. The molecule has 2 aromatic rings. The number of carbonyl (C=O) groups is 1. The van der Waals surface area contributed by atoms with Gasteiger partial charge in [-0.1, -0.05) is 0 Å². The van der Waals surface area contributed by atoms with Crippen molar-refractivity contribution in [2.24, 2.45) is 0 Å². The van der Waals surface area contributed by atoms with Crippen molar-refractivity contribution in [3.05, 3.63) is 28.3 Å². The van der Waals surface area contributed by atoms with Crippen LogP contribution in [0.2, 0.25) is 0 Å². The number of fused-ring (bicyclic) bond motifs is 1. The summed E-state index contributed by atoms with van der Waals surface area (Å²) in [6.07, 6.45) is 4.19. The van der Waals surface area contributed by atoms with E-state index >= 15 is 0 Å². The fourth-order valence-corrected chi connectivity index (χ4v) is 4.08. The van der Waals surface area contributed by atoms with E-state index in [0.29, 0.717) is 31.1 Å². The van der Waals surface area contributed by atoms with E-state index in [1.165, 1.54) is 0 Å². The van der Waals surface area contributed by atoms with Gasteiger partial charge < -0.3 is 14.4 Å². The lowest BCUT2D eigenvalue weighted by atomic mass is 9.93. The summed E-state index contributed by atoms with van der Waals surface area (Å²) in [4.78, 5) is 34.0. The Balaban J connectivity index is 1.59. The number of pyridine rings is 1. The highest BCUT2D eigenvalue weighted by Gasteiger charge is 2.32. The summed E-state index contributed by atoms with van der Waals surface area (Å²) >= 11 is 0. The number of hydrogen-bond acceptors (Lipinski definition) is 5. The van der Waals surface area contributed by atoms with Gasteiger partial charge in [0.15, 0.2) is 5.65 Å². The van der Waals surface area contributed by atoms with Gasteiger partial charge in [-0.3, -0.25) is 9.55 Å². The Morgan fingerprint density at radius 3 is 2.75 bits per heavy atom. The monoisotopic (exact) mass is 388 g/mol. The zero-order chi connectivity index (χ0) is 19.9. The average Bonchev–Trinajstić information content (AvgIpc) is 3.24. The van der Waals surface area contributed by atoms with Crippen LogP contribution in [-0.2, 0) is 9.47 Å². The van der Waals surface area contributed by atoms with Crippen LogP contribution in [0.4, 0.5) is 4.79 Å². The molecule has 8 nitrogen and oxygen atoms in total. The van der Waals surface area contributed by atoms with Crippen molar-refractivity contribution < 1.29 is 14.3 Å². The predicted octanol–water partition coefficient (Wildman–Crippen LogP) is 2.80. The molecule has 1 amide bonds. The summed E-state index contributed by atoms with van der Waals surface area (Å²) in [5.41, 5.74) is 1.84. The number of ether oxygens (including phenoxy) is 2. The summed E-state index contributed by atoms with van der Waals surface area (Å²) < 4.78 is 12.7. The van der Waals surface area contributed by atoms with Gasteiger partial charge in [-0.2, -0.15) is 0 Å². The predicted molar refractivity (Wildman–Crippen MR) is 105 cm³/mol. The second-order valence-electron chi connectivity index (χ2n) is 8.69. The molecule has 28 heavy (non-hydrogen) atoms. The molecular formula is C20H28N4O4. The van der Waals surface area contributed by atoms with Gasteiger partial charge in [0.25, 0.3) is 0 Å². The molecule has 2 aliphatic heterocycles. The smallest absolute Gasteiger partial charge is 0.410 e. The van der Waals surface area contributed by atoms with Crippen LogP contribution in [0.25, 0.3) is 11.2 Å². The molecule has 152 valence electrons. The Morgan fingerprint density at radius 2 is 2.04 bits per heavy atom. The van der Waals surface area contributed by atoms with Crippen molar-refractivity contribution in [2.75, 3.05) is 26.3 Å². The third-order valence-electron chi connectivity index (χ3n) is 5.47. The summed E-state index contributed by atoms with van der Waals surface area (Å²) in [7, 11) is 0. The molecule has 2 aromatic heterocycles. The van der Waals surface area contributed by atoms with Crippen molar-refractivity contribution in [3.63, 3.8) is 0 Å². The minimum atomic E-state index is -0.532. The maximum Gasteiger partial charge on any atom is 0.410 e. The van der Waals surface area contributed by atoms with Crippen LogP contribution in [0, 0.1) is 0 Å². The molecule has 2 saturated heterocycles. The topological polar surface area (TPSA) is 89.5 Å². The molecule has 1 N–H and O–H groups in total. The largest absolute Gasteiger partial charge is 0.444 e. The molecule has 4 rings (SSSR count). The van der Waals surface area contributed by atoms with Gasteiger partial charge in [0.05, 0.1) is 11.6 Å². The minimum absolute atomic E-state index is 0.0829. The van der Waals surface area contributed by atoms with Crippen molar-refractivity contribution in [1.82, 2.24) is 19.4 Å². The average molecular weight is 388 g/mol. The van der Waals surface area contributed by atoms with E-state index in [0.717, 1.165) is 37.1 Å². The Hall–Kier alpha value is -2.35. The molecule has 2 aliphatic rings. The molecule has 1 unspecified atom stereocenters. The standard InChI is InChI=1S/C20H28N4O4/c1-20(2,3)28-19(26)23-7-4-15(12-23)24-16-10-14(13-5-8-27-9-6-13)11-21-17(16)22-18(24)25/h10-11,13,15H,4-9,12H2,1-3H3,(H,21,22,25). The molecule has 0 aromatic carbocycles. The molecule has 4 heterocycles. The first kappa shape index (κ1) is 19.0. The van der Waals surface area contributed by atoms with Crippen molar-refractivity contribution in [2.45, 2.75) is 57.6 Å². The number of likely N-dealkylation sites (tertiary alicyclic amines) is 1. The Labute approximate surface area is 163 Å². The highest BCUT2D eigenvalue weighted by Crippen LogP contribution is 2.30. The van der Waals surface area contributed by atoms with Crippen LogP contribution in [0.3, 0.4) is 0 Å².